The molecule has 0 aromatic carbocycles. The lowest BCUT2D eigenvalue weighted by molar-refractivity contribution is -0.141. The average molecular weight is 409 g/mol. The van der Waals surface area contributed by atoms with Crippen LogP contribution in [-0.4, -0.2) is 26.4 Å². The van der Waals surface area contributed by atoms with Crippen LogP contribution >= 0.6 is 0 Å². The van der Waals surface area contributed by atoms with E-state index in [0.29, 0.717) is 12.0 Å². The number of hydrogen-bond acceptors (Lipinski definition) is 5. The number of halogens is 3. The Balaban J connectivity index is 2.26. The Kier molecular flexibility index (Phi) is 5.13. The van der Waals surface area contributed by atoms with Gasteiger partial charge in [0.15, 0.2) is 5.69 Å². The van der Waals surface area contributed by atoms with Crippen molar-refractivity contribution in [1.29, 1.82) is 0 Å². The van der Waals surface area contributed by atoms with Crippen molar-refractivity contribution >= 4 is 11.4 Å². The smallest absolute Gasteiger partial charge is 0.435 e. The largest absolute Gasteiger partial charge is 0.475 e. The SMILES string of the molecule is CCOc1nccnc1-n1nc(C(F)(F)F)c(C2=CC(C)(C)CC(C)(C)C2)c1N. The van der Waals surface area contributed by atoms with Crippen molar-refractivity contribution in [3.05, 3.63) is 29.7 Å². The second kappa shape index (κ2) is 7.03. The predicted molar refractivity (Wildman–Crippen MR) is 105 cm³/mol. The Morgan fingerprint density at radius 2 is 1.83 bits per heavy atom. The molecule has 29 heavy (non-hydrogen) atoms. The number of nitrogens with two attached hydrogens (primary N) is 1. The first kappa shape index (κ1) is 21.1. The molecule has 6 nitrogen and oxygen atoms in total. The summed E-state index contributed by atoms with van der Waals surface area (Å²) in [6.07, 6.45) is 1.29. The summed E-state index contributed by atoms with van der Waals surface area (Å²) in [5.74, 6) is -0.0279. The molecule has 0 saturated heterocycles. The van der Waals surface area contributed by atoms with E-state index in [1.807, 2.05) is 33.8 Å². The van der Waals surface area contributed by atoms with E-state index >= 15 is 0 Å². The van der Waals surface area contributed by atoms with Gasteiger partial charge in [0.05, 0.1) is 12.2 Å². The van der Waals surface area contributed by atoms with E-state index in [0.717, 1.165) is 11.1 Å². The first-order valence-corrected chi connectivity index (χ1v) is 9.46. The van der Waals surface area contributed by atoms with Crippen LogP contribution in [0.3, 0.4) is 0 Å². The number of ether oxygens (including phenoxy) is 1. The Labute approximate surface area is 168 Å². The molecule has 0 spiro atoms. The highest BCUT2D eigenvalue weighted by atomic mass is 19.4. The van der Waals surface area contributed by atoms with Crippen molar-refractivity contribution in [1.82, 2.24) is 19.7 Å². The van der Waals surface area contributed by atoms with E-state index in [2.05, 4.69) is 15.1 Å². The Morgan fingerprint density at radius 3 is 2.41 bits per heavy atom. The van der Waals surface area contributed by atoms with Gasteiger partial charge in [0.1, 0.15) is 5.82 Å². The highest BCUT2D eigenvalue weighted by Gasteiger charge is 2.43. The summed E-state index contributed by atoms with van der Waals surface area (Å²) in [6.45, 7) is 10.1. The van der Waals surface area contributed by atoms with Crippen LogP contribution in [-0.2, 0) is 6.18 Å². The van der Waals surface area contributed by atoms with Gasteiger partial charge >= 0.3 is 6.18 Å². The normalized spacial score (nSPS) is 18.4. The quantitative estimate of drug-likeness (QED) is 0.778. The summed E-state index contributed by atoms with van der Waals surface area (Å²) in [7, 11) is 0. The fourth-order valence-corrected chi connectivity index (χ4v) is 4.36. The van der Waals surface area contributed by atoms with Crippen LogP contribution in [0.25, 0.3) is 11.4 Å². The molecular formula is C20H26F3N5O. The van der Waals surface area contributed by atoms with Crippen LogP contribution in [0, 0.1) is 10.8 Å². The van der Waals surface area contributed by atoms with Gasteiger partial charge in [0, 0.05) is 12.4 Å². The first-order chi connectivity index (χ1) is 13.3. The molecule has 0 unspecified atom stereocenters. The van der Waals surface area contributed by atoms with Crippen LogP contribution in [0.4, 0.5) is 19.0 Å². The lowest BCUT2D eigenvalue weighted by atomic mass is 9.65. The topological polar surface area (TPSA) is 78.9 Å². The van der Waals surface area contributed by atoms with E-state index < -0.39 is 11.9 Å². The van der Waals surface area contributed by atoms with Gasteiger partial charge in [0.25, 0.3) is 5.88 Å². The molecule has 1 aliphatic rings. The molecular weight excluding hydrogens is 383 g/mol. The number of nitrogen functional groups attached to an aromatic ring is 1. The Morgan fingerprint density at radius 1 is 1.17 bits per heavy atom. The minimum Gasteiger partial charge on any atom is -0.475 e. The lowest BCUT2D eigenvalue weighted by Gasteiger charge is -2.39. The summed E-state index contributed by atoms with van der Waals surface area (Å²) in [5, 5.41) is 3.81. The molecule has 0 radical (unpaired) electrons. The summed E-state index contributed by atoms with van der Waals surface area (Å²) < 4.78 is 48.1. The summed E-state index contributed by atoms with van der Waals surface area (Å²) in [4.78, 5) is 8.16. The number of nitrogens with zero attached hydrogens (tertiary/aromatic N) is 4. The van der Waals surface area contributed by atoms with Crippen LogP contribution < -0.4 is 10.5 Å². The molecule has 9 heteroatoms. The van der Waals surface area contributed by atoms with E-state index in [1.54, 1.807) is 6.92 Å². The molecule has 0 bridgehead atoms. The highest BCUT2D eigenvalue weighted by Crippen LogP contribution is 2.50. The van der Waals surface area contributed by atoms with Gasteiger partial charge < -0.3 is 10.5 Å². The van der Waals surface area contributed by atoms with Gasteiger partial charge in [-0.25, -0.2) is 9.97 Å². The average Bonchev–Trinajstić information content (AvgIpc) is 2.90. The van der Waals surface area contributed by atoms with Crippen molar-refractivity contribution in [2.45, 2.75) is 53.6 Å². The zero-order valence-electron chi connectivity index (χ0n) is 17.3. The van der Waals surface area contributed by atoms with E-state index in [9.17, 15) is 13.2 Å². The Bertz CT molecular complexity index is 944. The number of rotatable bonds is 4. The molecule has 2 N–H and O–H groups in total. The maximum atomic E-state index is 13.9. The molecule has 2 aromatic heterocycles. The number of alkyl halides is 3. The van der Waals surface area contributed by atoms with Crippen molar-refractivity contribution in [3.63, 3.8) is 0 Å². The number of allylic oxidation sites excluding steroid dienone is 2. The highest BCUT2D eigenvalue weighted by molar-refractivity contribution is 5.78. The summed E-state index contributed by atoms with van der Waals surface area (Å²) >= 11 is 0. The zero-order chi connectivity index (χ0) is 21.6. The van der Waals surface area contributed by atoms with Gasteiger partial charge in [0.2, 0.25) is 5.82 Å². The second-order valence-electron chi connectivity index (χ2n) is 8.81. The number of anilines is 1. The summed E-state index contributed by atoms with van der Waals surface area (Å²) in [6, 6.07) is 0. The minimum atomic E-state index is -4.67. The molecule has 0 aliphatic heterocycles. The fourth-order valence-electron chi connectivity index (χ4n) is 4.36. The lowest BCUT2D eigenvalue weighted by Crippen LogP contribution is -2.27. The third-order valence-corrected chi connectivity index (χ3v) is 4.81. The first-order valence-electron chi connectivity index (χ1n) is 9.46. The van der Waals surface area contributed by atoms with Crippen LogP contribution in [0.5, 0.6) is 5.88 Å². The van der Waals surface area contributed by atoms with Crippen molar-refractivity contribution in [2.24, 2.45) is 10.8 Å². The number of aromatic nitrogens is 4. The van der Waals surface area contributed by atoms with Gasteiger partial charge in [-0.05, 0) is 36.2 Å². The molecule has 1 aliphatic carbocycles. The maximum Gasteiger partial charge on any atom is 0.435 e. The van der Waals surface area contributed by atoms with Crippen molar-refractivity contribution < 1.29 is 17.9 Å². The van der Waals surface area contributed by atoms with Gasteiger partial charge in [-0.1, -0.05) is 33.8 Å². The van der Waals surface area contributed by atoms with Gasteiger partial charge in [-0.3, -0.25) is 0 Å². The molecule has 0 amide bonds. The molecule has 0 fully saturated rings. The van der Waals surface area contributed by atoms with E-state index in [4.69, 9.17) is 10.5 Å². The summed E-state index contributed by atoms with van der Waals surface area (Å²) in [5.41, 5.74) is 5.23. The monoisotopic (exact) mass is 409 g/mol. The van der Waals surface area contributed by atoms with Gasteiger partial charge in [-0.2, -0.15) is 23.0 Å². The van der Waals surface area contributed by atoms with E-state index in [-0.39, 0.29) is 40.5 Å². The minimum absolute atomic E-state index is 0.0264. The third kappa shape index (κ3) is 4.23. The molecule has 3 rings (SSSR count). The van der Waals surface area contributed by atoms with E-state index in [1.165, 1.54) is 12.4 Å². The number of hydrogen-bond donors (Lipinski definition) is 1. The van der Waals surface area contributed by atoms with Crippen LogP contribution in [0.15, 0.2) is 18.5 Å². The molecule has 2 heterocycles. The fraction of sp³-hybridized carbons (Fsp3) is 0.550. The van der Waals surface area contributed by atoms with Crippen molar-refractivity contribution in [3.8, 4) is 11.7 Å². The Hall–Kier alpha value is -2.58. The third-order valence-electron chi connectivity index (χ3n) is 4.81. The maximum absolute atomic E-state index is 13.9. The molecule has 0 atom stereocenters. The predicted octanol–water partition coefficient (Wildman–Crippen LogP) is 4.89. The van der Waals surface area contributed by atoms with Crippen LogP contribution in [0.1, 0.15) is 58.7 Å². The second-order valence-corrected chi connectivity index (χ2v) is 8.81. The standard InChI is InChI=1S/C20H26F3N5O/c1-6-29-17-16(25-7-8-26-17)28-15(24)13(14(27-28)20(21,22)23)12-9-18(2,3)11-19(4,5)10-12/h7-9H,6,10-11,24H2,1-5H3. The van der Waals surface area contributed by atoms with Gasteiger partial charge in [-0.15, -0.1) is 0 Å². The van der Waals surface area contributed by atoms with Crippen molar-refractivity contribution in [2.75, 3.05) is 12.3 Å². The molecule has 0 saturated carbocycles. The molecule has 2 aromatic rings. The zero-order valence-corrected chi connectivity index (χ0v) is 17.3. The molecule has 158 valence electrons. The van der Waals surface area contributed by atoms with Crippen LogP contribution in [0.2, 0.25) is 0 Å².